The van der Waals surface area contributed by atoms with Gasteiger partial charge in [-0.05, 0) is 39.5 Å². The van der Waals surface area contributed by atoms with Gasteiger partial charge in [0.15, 0.2) is 0 Å². The van der Waals surface area contributed by atoms with Crippen LogP contribution in [0.2, 0.25) is 0 Å². The summed E-state index contributed by atoms with van der Waals surface area (Å²) in [6.07, 6.45) is -0.566. The number of carboxylic acid groups (broad SMARTS) is 1. The third-order valence-electron chi connectivity index (χ3n) is 4.62. The summed E-state index contributed by atoms with van der Waals surface area (Å²) in [5, 5.41) is 17.4. The van der Waals surface area contributed by atoms with E-state index < -0.39 is 47.9 Å². The molecule has 0 radical (unpaired) electrons. The first kappa shape index (κ1) is 26.7. The van der Waals surface area contributed by atoms with E-state index >= 15 is 0 Å². The molecule has 1 fully saturated rings. The van der Waals surface area contributed by atoms with Crippen LogP contribution in [0.4, 0.5) is 4.79 Å². The Kier molecular flexibility index (Phi) is 10.7. The van der Waals surface area contributed by atoms with Crippen molar-refractivity contribution in [1.29, 1.82) is 0 Å². The zero-order chi connectivity index (χ0) is 23.6. The summed E-state index contributed by atoms with van der Waals surface area (Å²) in [7, 11) is 0. The standard InChI is InChI=1S/C21H37N3O7/c1-13(2)12-30-9-8-23-19(28)15(11-17(25)26)16(10-14-6-7-22-18(14)27)24-20(29)31-21(3,4)5/h13-16H,6-12H2,1-5H3,(H,22,27)(H,23,28)(H,24,29)(H,25,26)/t14-,15?,16-/m0/s1. The van der Waals surface area contributed by atoms with E-state index in [0.717, 1.165) is 0 Å². The van der Waals surface area contributed by atoms with Gasteiger partial charge in [-0.25, -0.2) is 4.79 Å². The predicted octanol–water partition coefficient (Wildman–Crippen LogP) is 1.29. The molecule has 0 aliphatic carbocycles. The molecule has 0 saturated carbocycles. The highest BCUT2D eigenvalue weighted by molar-refractivity contribution is 5.85. The van der Waals surface area contributed by atoms with E-state index in [1.807, 2.05) is 13.8 Å². The molecule has 0 bridgehead atoms. The SMILES string of the molecule is CC(C)COCCNC(=O)C(CC(=O)O)[C@H](C[C@@H]1CCNC1=O)NC(=O)OC(C)(C)C. The fourth-order valence-corrected chi connectivity index (χ4v) is 3.26. The van der Waals surface area contributed by atoms with Crippen LogP contribution in [0.3, 0.4) is 0 Å². The largest absolute Gasteiger partial charge is 0.481 e. The number of hydrogen-bond acceptors (Lipinski definition) is 6. The maximum absolute atomic E-state index is 12.8. The molecule has 0 aromatic heterocycles. The molecule has 10 heteroatoms. The zero-order valence-electron chi connectivity index (χ0n) is 19.2. The molecule has 1 heterocycles. The number of alkyl carbamates (subject to hydrolysis) is 1. The molecule has 0 aromatic rings. The molecular weight excluding hydrogens is 406 g/mol. The van der Waals surface area contributed by atoms with Crippen molar-refractivity contribution in [3.8, 4) is 0 Å². The number of carbonyl (C=O) groups excluding carboxylic acids is 3. The molecule has 178 valence electrons. The summed E-state index contributed by atoms with van der Waals surface area (Å²) in [6, 6.07) is -0.878. The Morgan fingerprint density at radius 2 is 1.94 bits per heavy atom. The van der Waals surface area contributed by atoms with Crippen LogP contribution in [0, 0.1) is 17.8 Å². The summed E-state index contributed by atoms with van der Waals surface area (Å²) >= 11 is 0. The zero-order valence-corrected chi connectivity index (χ0v) is 19.2. The Balaban J connectivity index is 2.90. The van der Waals surface area contributed by atoms with Crippen LogP contribution in [0.15, 0.2) is 0 Å². The second kappa shape index (κ2) is 12.5. The molecular formula is C21H37N3O7. The van der Waals surface area contributed by atoms with E-state index in [2.05, 4.69) is 16.0 Å². The minimum Gasteiger partial charge on any atom is -0.481 e. The second-order valence-electron chi connectivity index (χ2n) is 9.23. The normalized spacial score (nSPS) is 18.3. The highest BCUT2D eigenvalue weighted by atomic mass is 16.6. The molecule has 0 spiro atoms. The number of aliphatic carboxylic acids is 1. The smallest absolute Gasteiger partial charge is 0.407 e. The van der Waals surface area contributed by atoms with E-state index in [1.54, 1.807) is 20.8 Å². The molecule has 10 nitrogen and oxygen atoms in total. The third-order valence-corrected chi connectivity index (χ3v) is 4.62. The van der Waals surface area contributed by atoms with Gasteiger partial charge in [0.1, 0.15) is 5.60 Å². The van der Waals surface area contributed by atoms with Crippen LogP contribution >= 0.6 is 0 Å². The lowest BCUT2D eigenvalue weighted by molar-refractivity contribution is -0.142. The van der Waals surface area contributed by atoms with Crippen molar-refractivity contribution in [1.82, 2.24) is 16.0 Å². The van der Waals surface area contributed by atoms with Crippen LogP contribution in [0.1, 0.15) is 53.9 Å². The van der Waals surface area contributed by atoms with Gasteiger partial charge in [-0.3, -0.25) is 14.4 Å². The summed E-state index contributed by atoms with van der Waals surface area (Å²) in [5.74, 6) is -3.00. The lowest BCUT2D eigenvalue weighted by atomic mass is 9.87. The van der Waals surface area contributed by atoms with E-state index in [-0.39, 0.29) is 18.9 Å². The number of amides is 3. The van der Waals surface area contributed by atoms with Crippen LogP contribution in [-0.4, -0.2) is 66.9 Å². The minimum atomic E-state index is -1.18. The molecule has 3 amide bonds. The van der Waals surface area contributed by atoms with Crippen molar-refractivity contribution in [3.63, 3.8) is 0 Å². The lowest BCUT2D eigenvalue weighted by Gasteiger charge is -2.29. The number of nitrogens with one attached hydrogen (secondary N) is 3. The van der Waals surface area contributed by atoms with Crippen molar-refractivity contribution in [2.45, 2.75) is 65.5 Å². The highest BCUT2D eigenvalue weighted by Gasteiger charge is 2.37. The van der Waals surface area contributed by atoms with Gasteiger partial charge in [-0.15, -0.1) is 0 Å². The first-order chi connectivity index (χ1) is 14.4. The Labute approximate surface area is 183 Å². The molecule has 1 rings (SSSR count). The minimum absolute atomic E-state index is 0.139. The topological polar surface area (TPSA) is 143 Å². The highest BCUT2D eigenvalue weighted by Crippen LogP contribution is 2.23. The van der Waals surface area contributed by atoms with Crippen LogP contribution in [-0.2, 0) is 23.9 Å². The van der Waals surface area contributed by atoms with Gasteiger partial charge < -0.3 is 30.5 Å². The van der Waals surface area contributed by atoms with E-state index in [1.165, 1.54) is 0 Å². The van der Waals surface area contributed by atoms with Gasteiger partial charge in [-0.2, -0.15) is 0 Å². The molecule has 1 aliphatic rings. The average molecular weight is 444 g/mol. The Morgan fingerprint density at radius 1 is 1.26 bits per heavy atom. The second-order valence-corrected chi connectivity index (χ2v) is 9.23. The van der Waals surface area contributed by atoms with E-state index in [9.17, 15) is 24.3 Å². The van der Waals surface area contributed by atoms with Gasteiger partial charge >= 0.3 is 12.1 Å². The maximum atomic E-state index is 12.8. The molecule has 3 atom stereocenters. The number of ether oxygens (including phenoxy) is 2. The van der Waals surface area contributed by atoms with Crippen molar-refractivity contribution in [2.75, 3.05) is 26.3 Å². The van der Waals surface area contributed by atoms with Crippen molar-refractivity contribution < 1.29 is 33.8 Å². The fourth-order valence-electron chi connectivity index (χ4n) is 3.26. The number of hydrogen-bond donors (Lipinski definition) is 4. The summed E-state index contributed by atoms with van der Waals surface area (Å²) in [6.45, 7) is 10.7. The van der Waals surface area contributed by atoms with Crippen molar-refractivity contribution in [2.24, 2.45) is 17.8 Å². The first-order valence-corrected chi connectivity index (χ1v) is 10.7. The van der Waals surface area contributed by atoms with E-state index in [0.29, 0.717) is 32.1 Å². The molecule has 1 aliphatic heterocycles. The quantitative estimate of drug-likeness (QED) is 0.333. The van der Waals surface area contributed by atoms with Gasteiger partial charge in [0.25, 0.3) is 0 Å². The average Bonchev–Trinajstić information content (AvgIpc) is 3.01. The summed E-state index contributed by atoms with van der Waals surface area (Å²) in [4.78, 5) is 48.7. The molecule has 1 saturated heterocycles. The first-order valence-electron chi connectivity index (χ1n) is 10.7. The predicted molar refractivity (Wildman–Crippen MR) is 113 cm³/mol. The molecule has 31 heavy (non-hydrogen) atoms. The monoisotopic (exact) mass is 443 g/mol. The number of rotatable bonds is 12. The van der Waals surface area contributed by atoms with Crippen LogP contribution in [0.25, 0.3) is 0 Å². The maximum Gasteiger partial charge on any atom is 0.407 e. The Hall–Kier alpha value is -2.36. The lowest BCUT2D eigenvalue weighted by Crippen LogP contribution is -2.50. The summed E-state index contributed by atoms with van der Waals surface area (Å²) < 4.78 is 10.7. The fraction of sp³-hybridized carbons (Fsp3) is 0.810. The number of carboxylic acids is 1. The molecule has 4 N–H and O–H groups in total. The van der Waals surface area contributed by atoms with Crippen LogP contribution < -0.4 is 16.0 Å². The molecule has 0 aromatic carbocycles. The van der Waals surface area contributed by atoms with Gasteiger partial charge in [0.2, 0.25) is 11.8 Å². The Morgan fingerprint density at radius 3 is 2.45 bits per heavy atom. The molecule has 1 unspecified atom stereocenters. The van der Waals surface area contributed by atoms with Crippen LogP contribution in [0.5, 0.6) is 0 Å². The van der Waals surface area contributed by atoms with E-state index in [4.69, 9.17) is 9.47 Å². The van der Waals surface area contributed by atoms with Gasteiger partial charge in [0.05, 0.1) is 18.9 Å². The van der Waals surface area contributed by atoms with Crippen molar-refractivity contribution in [3.05, 3.63) is 0 Å². The van der Waals surface area contributed by atoms with Gasteiger partial charge in [0, 0.05) is 31.7 Å². The summed E-state index contributed by atoms with van der Waals surface area (Å²) in [5.41, 5.74) is -0.766. The number of carbonyl (C=O) groups is 4. The van der Waals surface area contributed by atoms with Crippen molar-refractivity contribution >= 4 is 23.9 Å². The third kappa shape index (κ3) is 11.0. The Bertz CT molecular complexity index is 631. The van der Waals surface area contributed by atoms with Gasteiger partial charge in [-0.1, -0.05) is 13.8 Å².